The number of rotatable bonds is 0. The molecule has 2 N–H and O–H groups in total. The highest BCUT2D eigenvalue weighted by Crippen LogP contribution is 2.48. The highest BCUT2D eigenvalue weighted by atomic mass is 16.1. The Labute approximate surface area is 132 Å². The summed E-state index contributed by atoms with van der Waals surface area (Å²) >= 11 is 0. The van der Waals surface area contributed by atoms with Crippen LogP contribution in [0, 0.1) is 26.2 Å². The SMILES string of the molecule is Cc1c(C)c2cc3c(c(C)c2[nH]c1=O)NC(C)C(C)(C)C3C. The Morgan fingerprint density at radius 1 is 1.05 bits per heavy atom. The number of hydrogen-bond donors (Lipinski definition) is 2. The molecule has 3 heteroatoms. The molecule has 0 radical (unpaired) electrons. The molecule has 2 heterocycles. The van der Waals surface area contributed by atoms with Gasteiger partial charge in [0.1, 0.15) is 0 Å². The summed E-state index contributed by atoms with van der Waals surface area (Å²) in [5.74, 6) is 0.466. The van der Waals surface area contributed by atoms with Crippen LogP contribution in [0.15, 0.2) is 10.9 Å². The van der Waals surface area contributed by atoms with Gasteiger partial charge in [-0.05, 0) is 61.8 Å². The lowest BCUT2D eigenvalue weighted by atomic mass is 9.68. The van der Waals surface area contributed by atoms with Crippen molar-refractivity contribution < 1.29 is 0 Å². The minimum absolute atomic E-state index is 0.0188. The standard InChI is InChI=1S/C19H26N2O/c1-9-10(2)18(22)21-16-11(3)17-15(8-14(9)16)12(4)19(6,7)13(5)20-17/h8,12-13,20H,1-7H3,(H,21,22). The summed E-state index contributed by atoms with van der Waals surface area (Å²) in [5.41, 5.74) is 6.81. The quantitative estimate of drug-likeness (QED) is 0.757. The molecule has 0 aliphatic carbocycles. The molecule has 0 amide bonds. The number of nitrogens with one attached hydrogen (secondary N) is 2. The molecule has 0 saturated carbocycles. The average Bonchev–Trinajstić information content (AvgIpc) is 2.46. The fraction of sp³-hybridized carbons (Fsp3) is 0.526. The molecule has 3 nitrogen and oxygen atoms in total. The van der Waals surface area contributed by atoms with Gasteiger partial charge in [-0.3, -0.25) is 4.79 Å². The van der Waals surface area contributed by atoms with E-state index in [-0.39, 0.29) is 11.0 Å². The van der Waals surface area contributed by atoms with Crippen molar-refractivity contribution in [1.29, 1.82) is 0 Å². The Kier molecular flexibility index (Phi) is 3.17. The van der Waals surface area contributed by atoms with Crippen molar-refractivity contribution in [2.24, 2.45) is 5.41 Å². The first-order valence-electron chi connectivity index (χ1n) is 8.09. The molecule has 0 bridgehead atoms. The van der Waals surface area contributed by atoms with Gasteiger partial charge in [0.15, 0.2) is 0 Å². The van der Waals surface area contributed by atoms with Gasteiger partial charge >= 0.3 is 0 Å². The minimum Gasteiger partial charge on any atom is -0.382 e. The molecule has 0 fully saturated rings. The Bertz CT molecular complexity index is 830. The van der Waals surface area contributed by atoms with E-state index >= 15 is 0 Å². The van der Waals surface area contributed by atoms with E-state index in [4.69, 9.17) is 0 Å². The van der Waals surface area contributed by atoms with E-state index in [1.54, 1.807) is 0 Å². The molecule has 118 valence electrons. The molecular formula is C19H26N2O. The lowest BCUT2D eigenvalue weighted by Crippen LogP contribution is -2.42. The monoisotopic (exact) mass is 298 g/mol. The summed E-state index contributed by atoms with van der Waals surface area (Å²) in [6.07, 6.45) is 0. The van der Waals surface area contributed by atoms with E-state index in [0.29, 0.717) is 12.0 Å². The highest BCUT2D eigenvalue weighted by Gasteiger charge is 2.39. The molecule has 2 unspecified atom stereocenters. The molecule has 2 aromatic rings. The van der Waals surface area contributed by atoms with Crippen LogP contribution in [0.2, 0.25) is 0 Å². The van der Waals surface area contributed by atoms with E-state index < -0.39 is 0 Å². The minimum atomic E-state index is 0.0188. The van der Waals surface area contributed by atoms with Crippen molar-refractivity contribution in [2.45, 2.75) is 60.4 Å². The van der Waals surface area contributed by atoms with Crippen LogP contribution in [-0.4, -0.2) is 11.0 Å². The second kappa shape index (κ2) is 4.61. The Hall–Kier alpha value is -1.77. The second-order valence-corrected chi connectivity index (χ2v) is 7.50. The number of aryl methyl sites for hydroxylation is 2. The third-order valence-corrected chi connectivity index (χ3v) is 6.21. The van der Waals surface area contributed by atoms with Gasteiger partial charge < -0.3 is 10.3 Å². The van der Waals surface area contributed by atoms with Gasteiger partial charge in [0, 0.05) is 22.7 Å². The summed E-state index contributed by atoms with van der Waals surface area (Å²) in [5, 5.41) is 4.85. The number of pyridine rings is 1. The molecule has 0 spiro atoms. The maximum absolute atomic E-state index is 12.1. The molecule has 1 aromatic heterocycles. The van der Waals surface area contributed by atoms with Gasteiger partial charge in [-0.25, -0.2) is 0 Å². The summed E-state index contributed by atoms with van der Waals surface area (Å²) in [6, 6.07) is 2.67. The van der Waals surface area contributed by atoms with Crippen LogP contribution < -0.4 is 10.9 Å². The zero-order valence-corrected chi connectivity index (χ0v) is 14.6. The lowest BCUT2D eigenvalue weighted by Gasteiger charge is -2.45. The third-order valence-electron chi connectivity index (χ3n) is 6.21. The Morgan fingerprint density at radius 2 is 1.68 bits per heavy atom. The summed E-state index contributed by atoms with van der Waals surface area (Å²) in [7, 11) is 0. The molecule has 3 rings (SSSR count). The summed E-state index contributed by atoms with van der Waals surface area (Å²) < 4.78 is 0. The molecule has 1 aliphatic heterocycles. The first kappa shape index (κ1) is 15.1. The topological polar surface area (TPSA) is 44.9 Å². The summed E-state index contributed by atoms with van der Waals surface area (Å²) in [6.45, 7) is 15.3. The van der Waals surface area contributed by atoms with Gasteiger partial charge in [-0.2, -0.15) is 0 Å². The maximum Gasteiger partial charge on any atom is 0.251 e. The number of anilines is 1. The third kappa shape index (κ3) is 1.84. The predicted octanol–water partition coefficient (Wildman–Crippen LogP) is 4.40. The van der Waals surface area contributed by atoms with Gasteiger partial charge in [0.2, 0.25) is 0 Å². The second-order valence-electron chi connectivity index (χ2n) is 7.50. The molecule has 2 atom stereocenters. The van der Waals surface area contributed by atoms with Crippen LogP contribution >= 0.6 is 0 Å². The van der Waals surface area contributed by atoms with Crippen LogP contribution in [0.5, 0.6) is 0 Å². The molecule has 1 aromatic carbocycles. The van der Waals surface area contributed by atoms with Crippen LogP contribution in [0.4, 0.5) is 5.69 Å². The molecular weight excluding hydrogens is 272 g/mol. The van der Waals surface area contributed by atoms with Crippen molar-refractivity contribution in [3.05, 3.63) is 38.7 Å². The Morgan fingerprint density at radius 3 is 2.32 bits per heavy atom. The molecule has 1 aliphatic rings. The fourth-order valence-electron chi connectivity index (χ4n) is 3.59. The van der Waals surface area contributed by atoms with Crippen LogP contribution in [0.1, 0.15) is 55.9 Å². The van der Waals surface area contributed by atoms with Crippen LogP contribution in [0.3, 0.4) is 0 Å². The number of fused-ring (bicyclic) bond motifs is 2. The van der Waals surface area contributed by atoms with Gasteiger partial charge in [0.05, 0.1) is 5.52 Å². The normalized spacial score (nSPS) is 23.2. The van der Waals surface area contributed by atoms with E-state index in [1.165, 1.54) is 16.6 Å². The number of H-pyrrole nitrogens is 1. The van der Waals surface area contributed by atoms with Gasteiger partial charge in [-0.15, -0.1) is 0 Å². The van der Waals surface area contributed by atoms with Crippen molar-refractivity contribution in [3.8, 4) is 0 Å². The van der Waals surface area contributed by atoms with Crippen LogP contribution in [-0.2, 0) is 0 Å². The lowest BCUT2D eigenvalue weighted by molar-refractivity contribution is 0.252. The smallest absolute Gasteiger partial charge is 0.251 e. The molecule has 22 heavy (non-hydrogen) atoms. The van der Waals surface area contributed by atoms with E-state index in [0.717, 1.165) is 22.2 Å². The van der Waals surface area contributed by atoms with Crippen molar-refractivity contribution >= 4 is 16.6 Å². The van der Waals surface area contributed by atoms with E-state index in [2.05, 4.69) is 51.0 Å². The van der Waals surface area contributed by atoms with Gasteiger partial charge in [0.25, 0.3) is 5.56 Å². The highest BCUT2D eigenvalue weighted by molar-refractivity contribution is 5.91. The number of hydrogen-bond acceptors (Lipinski definition) is 2. The first-order chi connectivity index (χ1) is 10.2. The molecule has 0 saturated heterocycles. The van der Waals surface area contributed by atoms with E-state index in [9.17, 15) is 4.79 Å². The maximum atomic E-state index is 12.1. The zero-order chi connectivity index (χ0) is 16.4. The fourth-order valence-corrected chi connectivity index (χ4v) is 3.59. The summed E-state index contributed by atoms with van der Waals surface area (Å²) in [4.78, 5) is 15.2. The van der Waals surface area contributed by atoms with Crippen LogP contribution in [0.25, 0.3) is 10.9 Å². The number of aromatic nitrogens is 1. The van der Waals surface area contributed by atoms with Gasteiger partial charge in [-0.1, -0.05) is 20.8 Å². The van der Waals surface area contributed by atoms with Crippen molar-refractivity contribution in [3.63, 3.8) is 0 Å². The number of aromatic amines is 1. The largest absolute Gasteiger partial charge is 0.382 e. The predicted molar refractivity (Wildman–Crippen MR) is 94.1 cm³/mol. The van der Waals surface area contributed by atoms with E-state index in [1.807, 2.05) is 13.8 Å². The first-order valence-corrected chi connectivity index (χ1v) is 8.09. The Balaban J connectivity index is 2.41. The van der Waals surface area contributed by atoms with Crippen molar-refractivity contribution in [2.75, 3.05) is 5.32 Å². The zero-order valence-electron chi connectivity index (χ0n) is 14.6. The van der Waals surface area contributed by atoms with Crippen molar-refractivity contribution in [1.82, 2.24) is 4.98 Å². The average molecular weight is 298 g/mol. The number of benzene rings is 1.